The van der Waals surface area contributed by atoms with Crippen LogP contribution in [0.3, 0.4) is 0 Å². The van der Waals surface area contributed by atoms with Crippen molar-refractivity contribution < 1.29 is 33.3 Å². The Hall–Kier alpha value is -4.57. The Labute approximate surface area is 268 Å². The molecule has 2 heterocycles. The summed E-state index contributed by atoms with van der Waals surface area (Å²) in [5.41, 5.74) is 0.876. The van der Waals surface area contributed by atoms with Crippen molar-refractivity contribution in [1.29, 1.82) is 0 Å². The molecule has 2 N–H and O–H groups in total. The first-order valence-corrected chi connectivity index (χ1v) is 15.9. The highest BCUT2D eigenvalue weighted by Crippen LogP contribution is 2.39. The summed E-state index contributed by atoms with van der Waals surface area (Å²) in [5, 5.41) is 23.7. The maximum atomic E-state index is 13.4. The van der Waals surface area contributed by atoms with Gasteiger partial charge >= 0.3 is 0 Å². The second kappa shape index (κ2) is 15.9. The molecule has 0 atom stereocenters. The normalized spacial score (nSPS) is 10.7. The van der Waals surface area contributed by atoms with Crippen molar-refractivity contribution >= 4 is 40.0 Å². The van der Waals surface area contributed by atoms with E-state index in [0.29, 0.717) is 75.9 Å². The third-order valence-electron chi connectivity index (χ3n) is 6.01. The maximum Gasteiger partial charge on any atom is 0.251 e. The van der Waals surface area contributed by atoms with E-state index in [9.17, 15) is 9.59 Å². The highest BCUT2D eigenvalue weighted by Gasteiger charge is 2.22. The molecule has 14 nitrogen and oxygen atoms in total. The van der Waals surface area contributed by atoms with Crippen molar-refractivity contribution in [2.45, 2.75) is 39.4 Å². The smallest absolute Gasteiger partial charge is 0.251 e. The monoisotopic (exact) mass is 657 g/mol. The van der Waals surface area contributed by atoms with Gasteiger partial charge in [0.25, 0.3) is 5.91 Å². The van der Waals surface area contributed by atoms with Crippen molar-refractivity contribution in [3.63, 3.8) is 0 Å². The molecule has 0 spiro atoms. The van der Waals surface area contributed by atoms with Crippen LogP contribution in [0.15, 0.2) is 35.5 Å². The number of rotatable bonds is 16. The number of aryl methyl sites for hydroxylation is 1. The van der Waals surface area contributed by atoms with E-state index in [1.54, 1.807) is 56.0 Å². The van der Waals surface area contributed by atoms with Gasteiger partial charge in [0.1, 0.15) is 16.5 Å². The predicted octanol–water partition coefficient (Wildman–Crippen LogP) is 4.30. The molecule has 0 bridgehead atoms. The molecule has 0 radical (unpaired) electrons. The van der Waals surface area contributed by atoms with Gasteiger partial charge in [0.15, 0.2) is 22.5 Å². The number of methoxy groups -OCH3 is 2. The fraction of sp³-hybridized carbons (Fsp3) is 0.379. The predicted molar refractivity (Wildman–Crippen MR) is 170 cm³/mol. The van der Waals surface area contributed by atoms with Crippen LogP contribution >= 0.6 is 23.1 Å². The number of ether oxygens (including phenoxy) is 5. The summed E-state index contributed by atoms with van der Waals surface area (Å²) in [6.45, 7) is 8.50. The van der Waals surface area contributed by atoms with E-state index in [1.165, 1.54) is 11.3 Å². The van der Waals surface area contributed by atoms with Crippen molar-refractivity contribution in [3.05, 3.63) is 46.7 Å². The number of carbonyl (C=O) groups excluding carboxylic acids is 2. The van der Waals surface area contributed by atoms with Crippen molar-refractivity contribution in [2.24, 2.45) is 0 Å². The SMILES string of the molecule is CCOc1cc(C(=O)NCc2nnc(SCC(=O)Nc3nnc(C)s3)n2-c2cc(OC)ccc2OC)cc(OCC)c1OCC. The Balaban J connectivity index is 1.62. The van der Waals surface area contributed by atoms with Crippen molar-refractivity contribution in [2.75, 3.05) is 45.1 Å². The number of amides is 2. The van der Waals surface area contributed by atoms with E-state index in [2.05, 4.69) is 31.0 Å². The summed E-state index contributed by atoms with van der Waals surface area (Å²) >= 11 is 2.44. The van der Waals surface area contributed by atoms with Crippen LogP contribution in [0.25, 0.3) is 5.69 Å². The first kappa shape index (κ1) is 33.3. The second-order valence-corrected chi connectivity index (χ2v) is 11.1. The molecule has 0 fully saturated rings. The minimum Gasteiger partial charge on any atom is -0.497 e. The number of carbonyl (C=O) groups is 2. The standard InChI is InChI=1S/C29H35N7O7S2/c1-7-41-22-12-18(13-23(42-8-2)26(22)43-9-3)27(38)30-15-24-33-35-29(44-16-25(37)31-28-34-32-17(4)45-28)36(24)20-14-19(39-5)10-11-21(20)40-6/h10-14H,7-9,15-16H2,1-6H3,(H,30,38)(H,31,34,37). The number of benzene rings is 2. The largest absolute Gasteiger partial charge is 0.497 e. The minimum absolute atomic E-state index is 0.00976. The molecule has 2 aromatic carbocycles. The molecule has 0 aliphatic rings. The molecule has 4 aromatic rings. The highest BCUT2D eigenvalue weighted by molar-refractivity contribution is 7.99. The maximum absolute atomic E-state index is 13.4. The van der Waals surface area contributed by atoms with E-state index < -0.39 is 5.91 Å². The average molecular weight is 658 g/mol. The van der Waals surface area contributed by atoms with E-state index in [1.807, 2.05) is 20.8 Å². The number of aromatic nitrogens is 5. The van der Waals surface area contributed by atoms with Crippen LogP contribution < -0.4 is 34.3 Å². The molecule has 16 heteroatoms. The number of hydrogen-bond donors (Lipinski definition) is 2. The third-order valence-corrected chi connectivity index (χ3v) is 7.69. The summed E-state index contributed by atoms with van der Waals surface area (Å²) in [5.74, 6) is 2.04. The molecular formula is C29H35N7O7S2. The number of anilines is 1. The third kappa shape index (κ3) is 8.33. The summed E-state index contributed by atoms with van der Waals surface area (Å²) < 4.78 is 30.1. The van der Waals surface area contributed by atoms with Gasteiger partial charge in [0.2, 0.25) is 16.8 Å². The van der Waals surface area contributed by atoms with Gasteiger partial charge < -0.3 is 29.0 Å². The molecule has 2 aromatic heterocycles. The Bertz CT molecular complexity index is 1600. The lowest BCUT2D eigenvalue weighted by molar-refractivity contribution is -0.113. The van der Waals surface area contributed by atoms with Crippen LogP contribution in [-0.2, 0) is 11.3 Å². The van der Waals surface area contributed by atoms with Crippen LogP contribution in [0.1, 0.15) is 42.0 Å². The van der Waals surface area contributed by atoms with Crippen molar-refractivity contribution in [3.8, 4) is 34.4 Å². The zero-order valence-electron chi connectivity index (χ0n) is 25.8. The summed E-state index contributed by atoms with van der Waals surface area (Å²) in [4.78, 5) is 26.1. The fourth-order valence-corrected chi connectivity index (χ4v) is 5.51. The van der Waals surface area contributed by atoms with Gasteiger partial charge in [0.05, 0.1) is 52.0 Å². The zero-order valence-corrected chi connectivity index (χ0v) is 27.5. The first-order valence-electron chi connectivity index (χ1n) is 14.1. The number of hydrogen-bond acceptors (Lipinski definition) is 13. The van der Waals surface area contributed by atoms with Gasteiger partial charge in [-0.3, -0.25) is 19.5 Å². The van der Waals surface area contributed by atoms with Gasteiger partial charge in [-0.15, -0.1) is 20.4 Å². The Morgan fingerprint density at radius 2 is 1.60 bits per heavy atom. The summed E-state index contributed by atoms with van der Waals surface area (Å²) in [6, 6.07) is 8.50. The lowest BCUT2D eigenvalue weighted by Gasteiger charge is -2.17. The summed E-state index contributed by atoms with van der Waals surface area (Å²) in [7, 11) is 3.09. The van der Waals surface area contributed by atoms with Gasteiger partial charge in [-0.1, -0.05) is 23.1 Å². The Morgan fingerprint density at radius 3 is 2.20 bits per heavy atom. The first-order chi connectivity index (χ1) is 21.8. The van der Waals surface area contributed by atoms with E-state index in [-0.39, 0.29) is 18.2 Å². The topological polar surface area (TPSA) is 161 Å². The number of nitrogens with zero attached hydrogens (tertiary/aromatic N) is 5. The van der Waals surface area contributed by atoms with Gasteiger partial charge in [-0.2, -0.15) is 0 Å². The highest BCUT2D eigenvalue weighted by atomic mass is 32.2. The number of nitrogens with one attached hydrogen (secondary N) is 2. The van der Waals surface area contributed by atoms with Crippen molar-refractivity contribution in [1.82, 2.24) is 30.3 Å². The number of thioether (sulfide) groups is 1. The molecular weight excluding hydrogens is 622 g/mol. The molecule has 45 heavy (non-hydrogen) atoms. The quantitative estimate of drug-likeness (QED) is 0.165. The molecule has 4 rings (SSSR count). The van der Waals surface area contributed by atoms with E-state index >= 15 is 0 Å². The molecule has 0 saturated heterocycles. The van der Waals surface area contributed by atoms with Crippen LogP contribution in [0.5, 0.6) is 28.7 Å². The van der Waals surface area contributed by atoms with E-state index in [4.69, 9.17) is 23.7 Å². The second-order valence-electron chi connectivity index (χ2n) is 9.02. The Morgan fingerprint density at radius 1 is 0.889 bits per heavy atom. The zero-order chi connectivity index (χ0) is 32.3. The van der Waals surface area contributed by atoms with Gasteiger partial charge in [-0.25, -0.2) is 0 Å². The molecule has 0 saturated carbocycles. The molecule has 240 valence electrons. The van der Waals surface area contributed by atoms with Crippen LogP contribution in [-0.4, -0.2) is 76.6 Å². The average Bonchev–Trinajstić information content (AvgIpc) is 3.64. The molecule has 2 amide bonds. The molecule has 0 unspecified atom stereocenters. The molecule has 0 aliphatic carbocycles. The molecule has 0 aliphatic heterocycles. The summed E-state index contributed by atoms with van der Waals surface area (Å²) in [6.07, 6.45) is 0. The van der Waals surface area contributed by atoms with Crippen LogP contribution in [0, 0.1) is 6.92 Å². The van der Waals surface area contributed by atoms with Gasteiger partial charge in [-0.05, 0) is 52.0 Å². The minimum atomic E-state index is -0.395. The lowest BCUT2D eigenvalue weighted by Crippen LogP contribution is -2.25. The fourth-order valence-electron chi connectivity index (χ4n) is 4.14. The Kier molecular flexibility index (Phi) is 11.8. The van der Waals surface area contributed by atoms with Crippen LogP contribution in [0.4, 0.5) is 5.13 Å². The van der Waals surface area contributed by atoms with E-state index in [0.717, 1.165) is 16.8 Å². The van der Waals surface area contributed by atoms with Gasteiger partial charge in [0, 0.05) is 11.6 Å². The lowest BCUT2D eigenvalue weighted by atomic mass is 10.1. The van der Waals surface area contributed by atoms with Crippen LogP contribution in [0.2, 0.25) is 0 Å².